The number of rotatable bonds is 9. The van der Waals surface area contributed by atoms with Crippen molar-refractivity contribution in [3.8, 4) is 23.3 Å². The summed E-state index contributed by atoms with van der Waals surface area (Å²) in [4.78, 5) is 14.3. The van der Waals surface area contributed by atoms with Gasteiger partial charge in [0.25, 0.3) is 0 Å². The minimum Gasteiger partial charge on any atom is -0.492 e. The van der Waals surface area contributed by atoms with Crippen LogP contribution in [0.25, 0.3) is 5.69 Å². The first-order valence-electron chi connectivity index (χ1n) is 10.2. The van der Waals surface area contributed by atoms with Gasteiger partial charge < -0.3 is 13.9 Å². The van der Waals surface area contributed by atoms with Crippen molar-refractivity contribution >= 4 is 12.4 Å². The van der Waals surface area contributed by atoms with E-state index < -0.39 is 23.5 Å². The van der Waals surface area contributed by atoms with E-state index >= 15 is 0 Å². The smallest absolute Gasteiger partial charge is 0.444 e. The molecule has 0 unspecified atom stereocenters. The van der Waals surface area contributed by atoms with Crippen molar-refractivity contribution in [1.82, 2.24) is 14.7 Å². The van der Waals surface area contributed by atoms with E-state index in [0.717, 1.165) is 29.9 Å². The number of likely N-dealkylation sites (N-methyl/N-ethyl adjacent to an activating group) is 1. The summed E-state index contributed by atoms with van der Waals surface area (Å²) in [5, 5.41) is 3.90. The number of hydrogen-bond donors (Lipinski definition) is 0. The monoisotopic (exact) mass is 489 g/mol. The van der Waals surface area contributed by atoms with Crippen LogP contribution in [0.3, 0.4) is 0 Å². The van der Waals surface area contributed by atoms with Gasteiger partial charge in [-0.15, -0.1) is 12.4 Å². The molecule has 0 atom stereocenters. The summed E-state index contributed by atoms with van der Waals surface area (Å²) in [6.07, 6.45) is -0.465. The average molecular weight is 490 g/mol. The molecule has 0 aliphatic heterocycles. The third-order valence-corrected chi connectivity index (χ3v) is 4.74. The van der Waals surface area contributed by atoms with Crippen LogP contribution >= 0.6 is 12.4 Å². The molecule has 0 N–H and O–H groups in total. The maximum atomic E-state index is 13.7. The van der Waals surface area contributed by atoms with Crippen LogP contribution in [0.15, 0.2) is 82.0 Å². The molecule has 0 bridgehead atoms. The third kappa shape index (κ3) is 6.43. The summed E-state index contributed by atoms with van der Waals surface area (Å²) in [6, 6.07) is 19.6. The van der Waals surface area contributed by atoms with Crippen LogP contribution in [0.5, 0.6) is 17.6 Å². The zero-order chi connectivity index (χ0) is 23.2. The van der Waals surface area contributed by atoms with Crippen molar-refractivity contribution in [2.75, 3.05) is 20.2 Å². The van der Waals surface area contributed by atoms with E-state index in [1.165, 1.54) is 5.56 Å². The second kappa shape index (κ2) is 11.4. The Morgan fingerprint density at radius 1 is 1.03 bits per heavy atom. The molecule has 0 amide bonds. The van der Waals surface area contributed by atoms with Crippen molar-refractivity contribution in [3.05, 3.63) is 101 Å². The fraction of sp³-hybridized carbons (Fsp3) is 0.167. The Kier molecular flexibility index (Phi) is 8.39. The predicted octanol–water partition coefficient (Wildman–Crippen LogP) is 4.83. The highest BCUT2D eigenvalue weighted by atomic mass is 35.5. The Balaban J connectivity index is 0.00000324. The average Bonchev–Trinajstić information content (AvgIpc) is 3.17. The van der Waals surface area contributed by atoms with E-state index in [4.69, 9.17) is 13.9 Å². The second-order valence-electron chi connectivity index (χ2n) is 7.29. The number of aromatic nitrogens is 2. The SMILES string of the molecule is CN(CCOc1ccc(-n2nc(Oc3ccc(F)cc3F)oc2=O)cc1)Cc1ccccc1.Cl. The molecule has 0 radical (unpaired) electrons. The van der Waals surface area contributed by atoms with E-state index in [9.17, 15) is 13.6 Å². The lowest BCUT2D eigenvalue weighted by Gasteiger charge is -2.17. The van der Waals surface area contributed by atoms with Gasteiger partial charge in [-0.1, -0.05) is 35.4 Å². The van der Waals surface area contributed by atoms with Crippen molar-refractivity contribution in [2.24, 2.45) is 0 Å². The highest BCUT2D eigenvalue weighted by Crippen LogP contribution is 2.23. The lowest BCUT2D eigenvalue weighted by Crippen LogP contribution is -2.23. The number of hydrogen-bond acceptors (Lipinski definition) is 6. The number of halogens is 3. The van der Waals surface area contributed by atoms with Gasteiger partial charge in [0.15, 0.2) is 11.6 Å². The van der Waals surface area contributed by atoms with Gasteiger partial charge in [-0.05, 0) is 49.0 Å². The molecule has 0 aliphatic carbocycles. The quantitative estimate of drug-likeness (QED) is 0.335. The number of ether oxygens (including phenoxy) is 2. The Morgan fingerprint density at radius 2 is 1.76 bits per heavy atom. The lowest BCUT2D eigenvalue weighted by molar-refractivity contribution is 0.233. The van der Waals surface area contributed by atoms with Gasteiger partial charge in [-0.3, -0.25) is 4.90 Å². The molecule has 10 heteroatoms. The molecule has 7 nitrogen and oxygen atoms in total. The fourth-order valence-corrected chi connectivity index (χ4v) is 3.09. The van der Waals surface area contributed by atoms with Gasteiger partial charge in [0.2, 0.25) is 0 Å². The van der Waals surface area contributed by atoms with E-state index in [0.29, 0.717) is 24.1 Å². The molecule has 0 spiro atoms. The topological polar surface area (TPSA) is 69.7 Å². The first-order valence-corrected chi connectivity index (χ1v) is 10.2. The normalized spacial score (nSPS) is 10.7. The van der Waals surface area contributed by atoms with Crippen LogP contribution < -0.4 is 15.2 Å². The zero-order valence-electron chi connectivity index (χ0n) is 18.2. The van der Waals surface area contributed by atoms with Crippen LogP contribution in [0.1, 0.15) is 5.56 Å². The molecule has 4 aromatic rings. The first-order chi connectivity index (χ1) is 16.0. The van der Waals surface area contributed by atoms with Crippen molar-refractivity contribution in [2.45, 2.75) is 6.54 Å². The van der Waals surface area contributed by atoms with Gasteiger partial charge in [0.05, 0.1) is 5.69 Å². The Labute approximate surface area is 200 Å². The summed E-state index contributed by atoms with van der Waals surface area (Å²) < 4.78 is 43.5. The van der Waals surface area contributed by atoms with Crippen LogP contribution in [0.2, 0.25) is 0 Å². The fourth-order valence-electron chi connectivity index (χ4n) is 3.09. The molecule has 4 rings (SSSR count). The summed E-state index contributed by atoms with van der Waals surface area (Å²) >= 11 is 0. The van der Waals surface area contributed by atoms with Crippen molar-refractivity contribution in [1.29, 1.82) is 0 Å². The minimum atomic E-state index is -0.942. The van der Waals surface area contributed by atoms with E-state index in [-0.39, 0.29) is 18.2 Å². The van der Waals surface area contributed by atoms with Crippen LogP contribution in [-0.2, 0) is 6.54 Å². The van der Waals surface area contributed by atoms with E-state index in [1.54, 1.807) is 24.3 Å². The molecule has 0 saturated heterocycles. The first kappa shape index (κ1) is 24.9. The molecule has 178 valence electrons. The molecule has 1 heterocycles. The maximum Gasteiger partial charge on any atom is 0.444 e. The van der Waals surface area contributed by atoms with Gasteiger partial charge in [-0.25, -0.2) is 13.6 Å². The molecule has 0 aliphatic rings. The summed E-state index contributed by atoms with van der Waals surface area (Å²) in [5.41, 5.74) is 1.64. The lowest BCUT2D eigenvalue weighted by atomic mass is 10.2. The van der Waals surface area contributed by atoms with Crippen molar-refractivity contribution in [3.63, 3.8) is 0 Å². The molecule has 1 aromatic heterocycles. The Bertz CT molecular complexity index is 1260. The Hall–Kier alpha value is -3.69. The zero-order valence-corrected chi connectivity index (χ0v) is 19.0. The van der Waals surface area contributed by atoms with Crippen LogP contribution in [0, 0.1) is 11.6 Å². The van der Waals surface area contributed by atoms with Gasteiger partial charge >= 0.3 is 11.8 Å². The second-order valence-corrected chi connectivity index (χ2v) is 7.29. The summed E-state index contributed by atoms with van der Waals surface area (Å²) in [7, 11) is 2.02. The van der Waals surface area contributed by atoms with Gasteiger partial charge in [0.1, 0.15) is 18.2 Å². The molecular weight excluding hydrogens is 468 g/mol. The largest absolute Gasteiger partial charge is 0.492 e. The third-order valence-electron chi connectivity index (χ3n) is 4.74. The van der Waals surface area contributed by atoms with Crippen LogP contribution in [0.4, 0.5) is 8.78 Å². The standard InChI is InChI=1S/C24H21F2N3O4.ClH/c1-28(16-17-5-3-2-4-6-17)13-14-31-20-10-8-19(9-11-20)29-24(30)33-23(27-29)32-22-12-7-18(25)15-21(22)26;/h2-12,15H,13-14,16H2,1H3;1H. The van der Waals surface area contributed by atoms with Crippen molar-refractivity contribution < 1.29 is 22.7 Å². The molecule has 3 aromatic carbocycles. The van der Waals surface area contributed by atoms with Crippen LogP contribution in [-0.4, -0.2) is 34.9 Å². The highest BCUT2D eigenvalue weighted by molar-refractivity contribution is 5.85. The minimum absolute atomic E-state index is 0. The molecule has 0 saturated carbocycles. The highest BCUT2D eigenvalue weighted by Gasteiger charge is 2.14. The van der Waals surface area contributed by atoms with Gasteiger partial charge in [-0.2, -0.15) is 4.68 Å². The Morgan fingerprint density at radius 3 is 2.47 bits per heavy atom. The summed E-state index contributed by atoms with van der Waals surface area (Å²) in [6.45, 7) is 2.05. The maximum absolute atomic E-state index is 13.7. The predicted molar refractivity (Wildman–Crippen MR) is 124 cm³/mol. The molecule has 34 heavy (non-hydrogen) atoms. The van der Waals surface area contributed by atoms with E-state index in [1.807, 2.05) is 25.2 Å². The summed E-state index contributed by atoms with van der Waals surface area (Å²) in [5.74, 6) is -2.19. The number of benzene rings is 3. The molecular formula is C24H22ClF2N3O4. The molecule has 0 fully saturated rings. The van der Waals surface area contributed by atoms with Gasteiger partial charge in [0, 0.05) is 19.2 Å². The number of nitrogens with zero attached hydrogens (tertiary/aromatic N) is 3. The van der Waals surface area contributed by atoms with E-state index in [2.05, 4.69) is 22.1 Å².